The molecule has 5 nitrogen and oxygen atoms in total. The maximum atomic E-state index is 12.5. The molecule has 3 aliphatic rings. The number of fused-ring (bicyclic) bond motifs is 1. The standard InChI is InChI=1S/C15H24N2O3/c1-9-8-13(18)17(10(2)14(9)15(19)20)12-5-7-16-6-3-4-11(12)16/h9-12,14H,3-8H2,1-2H3,(H,19,20). The van der Waals surface area contributed by atoms with Crippen LogP contribution in [0.3, 0.4) is 0 Å². The average molecular weight is 280 g/mol. The van der Waals surface area contributed by atoms with Gasteiger partial charge in [0.2, 0.25) is 5.91 Å². The third-order valence-electron chi connectivity index (χ3n) is 5.57. The largest absolute Gasteiger partial charge is 0.481 e. The SMILES string of the molecule is CC1CC(=O)N(C2CCN3CCCC23)C(C)C1C(=O)O. The van der Waals surface area contributed by atoms with Crippen LogP contribution in [-0.2, 0) is 9.59 Å². The molecule has 0 radical (unpaired) electrons. The molecule has 0 aromatic rings. The van der Waals surface area contributed by atoms with Crippen LogP contribution in [0.25, 0.3) is 0 Å². The number of carboxylic acid groups (broad SMARTS) is 1. The topological polar surface area (TPSA) is 60.9 Å². The number of rotatable bonds is 2. The van der Waals surface area contributed by atoms with Crippen LogP contribution in [0.5, 0.6) is 0 Å². The second-order valence-corrected chi connectivity index (χ2v) is 6.69. The minimum absolute atomic E-state index is 0.0627. The van der Waals surface area contributed by atoms with Crippen LogP contribution in [0.4, 0.5) is 0 Å². The smallest absolute Gasteiger partial charge is 0.308 e. The van der Waals surface area contributed by atoms with E-state index in [0.29, 0.717) is 12.5 Å². The van der Waals surface area contributed by atoms with Crippen molar-refractivity contribution in [3.8, 4) is 0 Å². The lowest BCUT2D eigenvalue weighted by Crippen LogP contribution is -2.58. The molecule has 3 fully saturated rings. The Hall–Kier alpha value is -1.10. The molecule has 3 rings (SSSR count). The number of nitrogens with zero attached hydrogens (tertiary/aromatic N) is 2. The molecule has 0 aromatic heterocycles. The fourth-order valence-electron chi connectivity index (χ4n) is 4.70. The molecule has 3 saturated heterocycles. The summed E-state index contributed by atoms with van der Waals surface area (Å²) in [5.41, 5.74) is 0. The van der Waals surface area contributed by atoms with Crippen molar-refractivity contribution in [2.75, 3.05) is 13.1 Å². The highest BCUT2D eigenvalue weighted by atomic mass is 16.4. The molecule has 5 atom stereocenters. The predicted molar refractivity (Wildman–Crippen MR) is 74.2 cm³/mol. The number of amides is 1. The summed E-state index contributed by atoms with van der Waals surface area (Å²) >= 11 is 0. The van der Waals surface area contributed by atoms with E-state index in [0.717, 1.165) is 25.9 Å². The van der Waals surface area contributed by atoms with Crippen LogP contribution >= 0.6 is 0 Å². The predicted octanol–water partition coefficient (Wildman–Crippen LogP) is 1.18. The van der Waals surface area contributed by atoms with Gasteiger partial charge in [-0.05, 0) is 38.6 Å². The molecule has 0 spiro atoms. The maximum Gasteiger partial charge on any atom is 0.308 e. The molecule has 0 bridgehead atoms. The van der Waals surface area contributed by atoms with Gasteiger partial charge in [0.15, 0.2) is 0 Å². The van der Waals surface area contributed by atoms with Crippen molar-refractivity contribution >= 4 is 11.9 Å². The fourth-order valence-corrected chi connectivity index (χ4v) is 4.70. The number of hydrogen-bond donors (Lipinski definition) is 1. The van der Waals surface area contributed by atoms with E-state index in [9.17, 15) is 14.7 Å². The summed E-state index contributed by atoms with van der Waals surface area (Å²) in [6.45, 7) is 6.00. The van der Waals surface area contributed by atoms with Crippen LogP contribution in [0.2, 0.25) is 0 Å². The third kappa shape index (κ3) is 2.03. The molecule has 3 heterocycles. The molecule has 20 heavy (non-hydrogen) atoms. The molecule has 1 amide bonds. The van der Waals surface area contributed by atoms with E-state index < -0.39 is 11.9 Å². The van der Waals surface area contributed by atoms with E-state index in [1.54, 1.807) is 0 Å². The second kappa shape index (κ2) is 5.02. The molecule has 0 aromatic carbocycles. The maximum absolute atomic E-state index is 12.5. The van der Waals surface area contributed by atoms with E-state index >= 15 is 0 Å². The Morgan fingerprint density at radius 1 is 1.20 bits per heavy atom. The molecular formula is C15H24N2O3. The lowest BCUT2D eigenvalue weighted by molar-refractivity contribution is -0.157. The average Bonchev–Trinajstić information content (AvgIpc) is 2.91. The highest BCUT2D eigenvalue weighted by Crippen LogP contribution is 2.38. The molecule has 3 aliphatic heterocycles. The number of carboxylic acids is 1. The molecular weight excluding hydrogens is 256 g/mol. The first-order valence-corrected chi connectivity index (χ1v) is 7.78. The number of carbonyl (C=O) groups excluding carboxylic acids is 1. The fraction of sp³-hybridized carbons (Fsp3) is 0.867. The monoisotopic (exact) mass is 280 g/mol. The molecule has 0 saturated carbocycles. The van der Waals surface area contributed by atoms with E-state index in [1.807, 2.05) is 18.7 Å². The Bertz CT molecular complexity index is 425. The normalized spacial score (nSPS) is 42.0. The van der Waals surface area contributed by atoms with Crippen molar-refractivity contribution in [1.29, 1.82) is 0 Å². The Balaban J connectivity index is 1.84. The Morgan fingerprint density at radius 2 is 1.95 bits per heavy atom. The van der Waals surface area contributed by atoms with Gasteiger partial charge in [-0.3, -0.25) is 14.5 Å². The summed E-state index contributed by atoms with van der Waals surface area (Å²) in [7, 11) is 0. The Labute approximate surface area is 119 Å². The van der Waals surface area contributed by atoms with Crippen LogP contribution in [0.15, 0.2) is 0 Å². The number of hydrogen-bond acceptors (Lipinski definition) is 3. The Morgan fingerprint density at radius 3 is 2.65 bits per heavy atom. The summed E-state index contributed by atoms with van der Waals surface area (Å²) in [5.74, 6) is -1.10. The van der Waals surface area contributed by atoms with Gasteiger partial charge < -0.3 is 10.0 Å². The minimum Gasteiger partial charge on any atom is -0.481 e. The lowest BCUT2D eigenvalue weighted by Gasteiger charge is -2.45. The van der Waals surface area contributed by atoms with Gasteiger partial charge in [0, 0.05) is 31.1 Å². The van der Waals surface area contributed by atoms with Gasteiger partial charge in [-0.1, -0.05) is 6.92 Å². The molecule has 112 valence electrons. The summed E-state index contributed by atoms with van der Waals surface area (Å²) in [4.78, 5) is 28.4. The van der Waals surface area contributed by atoms with E-state index in [4.69, 9.17) is 0 Å². The second-order valence-electron chi connectivity index (χ2n) is 6.69. The minimum atomic E-state index is -0.760. The van der Waals surface area contributed by atoms with Crippen LogP contribution in [0.1, 0.15) is 39.5 Å². The van der Waals surface area contributed by atoms with E-state index in [1.165, 1.54) is 6.42 Å². The first-order chi connectivity index (χ1) is 9.50. The number of likely N-dealkylation sites (tertiary alicyclic amines) is 1. The molecule has 5 heteroatoms. The van der Waals surface area contributed by atoms with Crippen molar-refractivity contribution < 1.29 is 14.7 Å². The zero-order chi connectivity index (χ0) is 14.4. The third-order valence-corrected chi connectivity index (χ3v) is 5.57. The molecule has 0 aliphatic carbocycles. The molecule has 5 unspecified atom stereocenters. The molecule has 1 N–H and O–H groups in total. The first kappa shape index (κ1) is 13.9. The number of piperidine rings is 1. The summed E-state index contributed by atoms with van der Waals surface area (Å²) in [6.07, 6.45) is 3.73. The van der Waals surface area contributed by atoms with Gasteiger partial charge in [0.25, 0.3) is 0 Å². The summed E-state index contributed by atoms with van der Waals surface area (Å²) < 4.78 is 0. The number of aliphatic carboxylic acids is 1. The zero-order valence-corrected chi connectivity index (χ0v) is 12.3. The summed E-state index contributed by atoms with van der Waals surface area (Å²) in [6, 6.07) is 0.507. The zero-order valence-electron chi connectivity index (χ0n) is 12.3. The van der Waals surface area contributed by atoms with Crippen molar-refractivity contribution in [1.82, 2.24) is 9.80 Å². The van der Waals surface area contributed by atoms with Gasteiger partial charge in [-0.2, -0.15) is 0 Å². The number of carbonyl (C=O) groups is 2. The highest BCUT2D eigenvalue weighted by Gasteiger charge is 2.49. The van der Waals surface area contributed by atoms with E-state index in [-0.39, 0.29) is 23.9 Å². The van der Waals surface area contributed by atoms with Crippen LogP contribution in [-0.4, -0.2) is 58.0 Å². The van der Waals surface area contributed by atoms with Crippen molar-refractivity contribution in [3.05, 3.63) is 0 Å². The van der Waals surface area contributed by atoms with Gasteiger partial charge in [0.1, 0.15) is 0 Å². The van der Waals surface area contributed by atoms with Crippen LogP contribution < -0.4 is 0 Å². The van der Waals surface area contributed by atoms with Crippen molar-refractivity contribution in [2.24, 2.45) is 11.8 Å². The Kier molecular flexibility index (Phi) is 3.48. The van der Waals surface area contributed by atoms with Crippen molar-refractivity contribution in [3.63, 3.8) is 0 Å². The van der Waals surface area contributed by atoms with Crippen LogP contribution in [0, 0.1) is 11.8 Å². The first-order valence-electron chi connectivity index (χ1n) is 7.78. The van der Waals surface area contributed by atoms with Crippen molar-refractivity contribution in [2.45, 2.75) is 57.7 Å². The highest BCUT2D eigenvalue weighted by molar-refractivity contribution is 5.82. The van der Waals surface area contributed by atoms with Gasteiger partial charge >= 0.3 is 5.97 Å². The summed E-state index contributed by atoms with van der Waals surface area (Å²) in [5, 5.41) is 9.46. The quantitative estimate of drug-likeness (QED) is 0.825. The van der Waals surface area contributed by atoms with Gasteiger partial charge in [0.05, 0.1) is 5.92 Å². The van der Waals surface area contributed by atoms with Gasteiger partial charge in [-0.15, -0.1) is 0 Å². The van der Waals surface area contributed by atoms with E-state index in [2.05, 4.69) is 4.90 Å². The lowest BCUT2D eigenvalue weighted by atomic mass is 9.79. The van der Waals surface area contributed by atoms with Gasteiger partial charge in [-0.25, -0.2) is 0 Å².